The summed E-state index contributed by atoms with van der Waals surface area (Å²) in [6.45, 7) is 0. The predicted molar refractivity (Wildman–Crippen MR) is 83.9 cm³/mol. The SMILES string of the molecule is N#Cc1ccsc1NC(=O)CCSc1nc(N)cc(N)n1. The van der Waals surface area contributed by atoms with Gasteiger partial charge in [0.1, 0.15) is 22.7 Å². The highest BCUT2D eigenvalue weighted by Crippen LogP contribution is 2.23. The number of thiophene rings is 1. The number of thioether (sulfide) groups is 1. The van der Waals surface area contributed by atoms with Crippen LogP contribution in [0.25, 0.3) is 0 Å². The molecule has 1 amide bonds. The lowest BCUT2D eigenvalue weighted by atomic mass is 10.3. The Balaban J connectivity index is 1.83. The van der Waals surface area contributed by atoms with Crippen molar-refractivity contribution in [3.63, 3.8) is 0 Å². The Morgan fingerprint density at radius 1 is 1.43 bits per heavy atom. The maximum absolute atomic E-state index is 11.8. The van der Waals surface area contributed by atoms with Gasteiger partial charge >= 0.3 is 0 Å². The maximum atomic E-state index is 11.8. The first-order valence-electron chi connectivity index (χ1n) is 5.89. The van der Waals surface area contributed by atoms with Crippen LogP contribution in [0.15, 0.2) is 22.7 Å². The largest absolute Gasteiger partial charge is 0.383 e. The Hall–Kier alpha value is -2.31. The lowest BCUT2D eigenvalue weighted by Crippen LogP contribution is -2.12. The van der Waals surface area contributed by atoms with E-state index in [1.807, 2.05) is 6.07 Å². The number of aromatic nitrogens is 2. The molecule has 2 aromatic heterocycles. The molecule has 0 fully saturated rings. The third-order valence-corrected chi connectivity index (χ3v) is 4.02. The van der Waals surface area contributed by atoms with E-state index in [0.717, 1.165) is 0 Å². The second-order valence-electron chi connectivity index (χ2n) is 3.92. The van der Waals surface area contributed by atoms with E-state index in [2.05, 4.69) is 15.3 Å². The average molecular weight is 320 g/mol. The van der Waals surface area contributed by atoms with Gasteiger partial charge in [-0.25, -0.2) is 9.97 Å². The zero-order valence-corrected chi connectivity index (χ0v) is 12.5. The van der Waals surface area contributed by atoms with Crippen LogP contribution in [0.1, 0.15) is 12.0 Å². The van der Waals surface area contributed by atoms with Gasteiger partial charge in [0.25, 0.3) is 0 Å². The van der Waals surface area contributed by atoms with Crippen LogP contribution in [0.4, 0.5) is 16.6 Å². The summed E-state index contributed by atoms with van der Waals surface area (Å²) in [6.07, 6.45) is 0.269. The second-order valence-corrected chi connectivity index (χ2v) is 5.90. The minimum absolute atomic E-state index is 0.168. The summed E-state index contributed by atoms with van der Waals surface area (Å²) in [7, 11) is 0. The summed E-state index contributed by atoms with van der Waals surface area (Å²) in [6, 6.07) is 5.15. The Labute approximate surface area is 129 Å². The molecule has 5 N–H and O–H groups in total. The molecule has 0 saturated carbocycles. The van der Waals surface area contributed by atoms with Crippen molar-refractivity contribution < 1.29 is 4.79 Å². The zero-order chi connectivity index (χ0) is 15.2. The van der Waals surface area contributed by atoms with Gasteiger partial charge in [0.15, 0.2) is 5.16 Å². The van der Waals surface area contributed by atoms with E-state index >= 15 is 0 Å². The maximum Gasteiger partial charge on any atom is 0.225 e. The molecule has 0 bridgehead atoms. The number of hydrogen-bond donors (Lipinski definition) is 3. The van der Waals surface area contributed by atoms with E-state index in [1.54, 1.807) is 11.4 Å². The van der Waals surface area contributed by atoms with Crippen LogP contribution in [0.5, 0.6) is 0 Å². The summed E-state index contributed by atoms with van der Waals surface area (Å²) >= 11 is 2.61. The average Bonchev–Trinajstić information content (AvgIpc) is 2.84. The van der Waals surface area contributed by atoms with Gasteiger partial charge in [-0.05, 0) is 11.4 Å². The molecule has 108 valence electrons. The first kappa shape index (κ1) is 15.1. The number of nitrogen functional groups attached to an aromatic ring is 2. The minimum Gasteiger partial charge on any atom is -0.383 e. The monoisotopic (exact) mass is 320 g/mol. The number of nitrogens with zero attached hydrogens (tertiary/aromatic N) is 3. The van der Waals surface area contributed by atoms with Crippen molar-refractivity contribution >= 4 is 45.6 Å². The Morgan fingerprint density at radius 2 is 2.14 bits per heavy atom. The van der Waals surface area contributed by atoms with E-state index in [9.17, 15) is 4.79 Å². The van der Waals surface area contributed by atoms with Crippen LogP contribution in [-0.4, -0.2) is 21.6 Å². The van der Waals surface area contributed by atoms with Crippen molar-refractivity contribution in [2.75, 3.05) is 22.5 Å². The minimum atomic E-state index is -0.168. The van der Waals surface area contributed by atoms with E-state index in [0.29, 0.717) is 33.1 Å². The van der Waals surface area contributed by atoms with Crippen molar-refractivity contribution in [1.82, 2.24) is 9.97 Å². The highest BCUT2D eigenvalue weighted by molar-refractivity contribution is 7.99. The summed E-state index contributed by atoms with van der Waals surface area (Å²) in [4.78, 5) is 19.8. The topological polar surface area (TPSA) is 131 Å². The van der Waals surface area contributed by atoms with Crippen molar-refractivity contribution in [3.8, 4) is 6.07 Å². The van der Waals surface area contributed by atoms with Gasteiger partial charge in [-0.15, -0.1) is 11.3 Å². The fraction of sp³-hybridized carbons (Fsp3) is 0.167. The molecule has 7 nitrogen and oxygen atoms in total. The normalized spacial score (nSPS) is 10.0. The molecule has 2 rings (SSSR count). The fourth-order valence-electron chi connectivity index (χ4n) is 1.44. The summed E-state index contributed by atoms with van der Waals surface area (Å²) in [5.41, 5.74) is 11.6. The molecule has 9 heteroatoms. The number of carbonyl (C=O) groups is 1. The number of carbonyl (C=O) groups excluding carboxylic acids is 1. The number of nitrogens with one attached hydrogen (secondary N) is 1. The number of rotatable bonds is 5. The third-order valence-electron chi connectivity index (χ3n) is 2.34. The summed E-state index contributed by atoms with van der Waals surface area (Å²) < 4.78 is 0. The van der Waals surface area contributed by atoms with Gasteiger partial charge in [-0.1, -0.05) is 11.8 Å². The van der Waals surface area contributed by atoms with Crippen LogP contribution in [0.3, 0.4) is 0 Å². The van der Waals surface area contributed by atoms with Crippen molar-refractivity contribution in [2.45, 2.75) is 11.6 Å². The predicted octanol–water partition coefficient (Wildman–Crippen LogP) is 1.70. The lowest BCUT2D eigenvalue weighted by Gasteiger charge is -2.04. The quantitative estimate of drug-likeness (QED) is 0.564. The van der Waals surface area contributed by atoms with Gasteiger partial charge in [0, 0.05) is 18.2 Å². The van der Waals surface area contributed by atoms with E-state index in [4.69, 9.17) is 16.7 Å². The van der Waals surface area contributed by atoms with Crippen molar-refractivity contribution in [3.05, 3.63) is 23.1 Å². The van der Waals surface area contributed by atoms with Crippen LogP contribution >= 0.6 is 23.1 Å². The number of nitriles is 1. The number of amides is 1. The molecule has 2 aromatic rings. The Bertz CT molecular complexity index is 673. The Morgan fingerprint density at radius 3 is 2.81 bits per heavy atom. The van der Waals surface area contributed by atoms with Gasteiger partial charge in [0.05, 0.1) is 5.56 Å². The number of anilines is 3. The molecule has 0 atom stereocenters. The highest BCUT2D eigenvalue weighted by atomic mass is 32.2. The first-order valence-corrected chi connectivity index (χ1v) is 7.75. The number of hydrogen-bond acceptors (Lipinski definition) is 8. The van der Waals surface area contributed by atoms with E-state index in [1.165, 1.54) is 29.2 Å². The Kier molecular flexibility index (Phi) is 4.97. The van der Waals surface area contributed by atoms with Gasteiger partial charge < -0.3 is 16.8 Å². The molecule has 0 saturated heterocycles. The molecule has 0 aliphatic carbocycles. The highest BCUT2D eigenvalue weighted by Gasteiger charge is 2.09. The number of nitrogens with two attached hydrogens (primary N) is 2. The van der Waals surface area contributed by atoms with Gasteiger partial charge in [-0.2, -0.15) is 5.26 Å². The van der Waals surface area contributed by atoms with E-state index < -0.39 is 0 Å². The van der Waals surface area contributed by atoms with Crippen LogP contribution in [-0.2, 0) is 4.79 Å². The van der Waals surface area contributed by atoms with Crippen molar-refractivity contribution in [2.24, 2.45) is 0 Å². The molecule has 0 aromatic carbocycles. The van der Waals surface area contributed by atoms with Crippen molar-refractivity contribution in [1.29, 1.82) is 5.26 Å². The van der Waals surface area contributed by atoms with Crippen LogP contribution in [0.2, 0.25) is 0 Å². The molecule has 0 aliphatic rings. The standard InChI is InChI=1S/C12H12N6OS2/c13-6-7-1-3-20-11(7)18-10(19)2-4-21-12-16-8(14)5-9(15)17-12/h1,3,5H,2,4H2,(H,18,19)(H4,14,15,16,17). The summed E-state index contributed by atoms with van der Waals surface area (Å²) in [5, 5.41) is 14.3. The molecule has 0 unspecified atom stereocenters. The zero-order valence-electron chi connectivity index (χ0n) is 10.9. The molecular weight excluding hydrogens is 308 g/mol. The third kappa shape index (κ3) is 4.34. The smallest absolute Gasteiger partial charge is 0.225 e. The summed E-state index contributed by atoms with van der Waals surface area (Å²) in [5.74, 6) is 0.916. The molecule has 2 heterocycles. The van der Waals surface area contributed by atoms with Crippen LogP contribution in [0, 0.1) is 11.3 Å². The van der Waals surface area contributed by atoms with E-state index in [-0.39, 0.29) is 12.3 Å². The van der Waals surface area contributed by atoms with Gasteiger partial charge in [0.2, 0.25) is 5.91 Å². The fourth-order valence-corrected chi connectivity index (χ4v) is 3.01. The molecule has 0 aliphatic heterocycles. The molecular formula is C12H12N6OS2. The lowest BCUT2D eigenvalue weighted by molar-refractivity contribution is -0.115. The molecule has 0 radical (unpaired) electrons. The van der Waals surface area contributed by atoms with Gasteiger partial charge in [-0.3, -0.25) is 4.79 Å². The molecule has 0 spiro atoms. The molecule has 21 heavy (non-hydrogen) atoms. The second kappa shape index (κ2) is 6.92. The first-order chi connectivity index (χ1) is 10.1. The van der Waals surface area contributed by atoms with Crippen LogP contribution < -0.4 is 16.8 Å².